The van der Waals surface area contributed by atoms with Crippen molar-refractivity contribution in [3.05, 3.63) is 59.1 Å². The Morgan fingerprint density at radius 3 is 2.67 bits per heavy atom. The van der Waals surface area contributed by atoms with Crippen LogP contribution in [0.15, 0.2) is 48.5 Å². The van der Waals surface area contributed by atoms with Crippen molar-refractivity contribution in [3.63, 3.8) is 0 Å². The van der Waals surface area contributed by atoms with Gasteiger partial charge in [-0.1, -0.05) is 35.9 Å². The number of nitrogens with one attached hydrogen (secondary N) is 1. The van der Waals surface area contributed by atoms with Crippen LogP contribution in [0.4, 0.5) is 10.7 Å². The van der Waals surface area contributed by atoms with E-state index in [1.54, 1.807) is 0 Å². The summed E-state index contributed by atoms with van der Waals surface area (Å²) in [6.07, 6.45) is 0.479. The first-order chi connectivity index (χ1) is 14.3. The second-order valence-corrected chi connectivity index (χ2v) is 9.13. The number of halogens is 1. The molecule has 158 valence electrons. The quantitative estimate of drug-likeness (QED) is 0.648. The molecule has 4 rings (SSSR count). The van der Waals surface area contributed by atoms with Crippen LogP contribution in [0, 0.1) is 0 Å². The van der Waals surface area contributed by atoms with Gasteiger partial charge in [-0.25, -0.2) is 9.78 Å². The first kappa shape index (κ1) is 20.5. The van der Waals surface area contributed by atoms with Gasteiger partial charge < -0.3 is 19.5 Å². The van der Waals surface area contributed by atoms with Crippen LogP contribution in [0.3, 0.4) is 0 Å². The second-order valence-electron chi connectivity index (χ2n) is 8.69. The fraction of sp³-hybridized carbons (Fsp3) is 0.391. The van der Waals surface area contributed by atoms with Crippen molar-refractivity contribution in [1.82, 2.24) is 14.9 Å². The van der Waals surface area contributed by atoms with Crippen molar-refractivity contribution in [2.75, 3.05) is 18.0 Å². The Hall–Kier alpha value is -2.73. The lowest BCUT2D eigenvalue weighted by Gasteiger charge is -2.22. The van der Waals surface area contributed by atoms with Gasteiger partial charge in [0.1, 0.15) is 5.60 Å². The lowest BCUT2D eigenvalue weighted by Crippen LogP contribution is -2.40. The fourth-order valence-electron chi connectivity index (χ4n) is 3.77. The number of imidazole rings is 1. The summed E-state index contributed by atoms with van der Waals surface area (Å²) in [5, 5.41) is 3.72. The number of ether oxygens (including phenoxy) is 1. The Kier molecular flexibility index (Phi) is 5.60. The van der Waals surface area contributed by atoms with Gasteiger partial charge in [-0.05, 0) is 57.0 Å². The van der Waals surface area contributed by atoms with Crippen LogP contribution in [0.25, 0.3) is 11.0 Å². The number of benzene rings is 2. The van der Waals surface area contributed by atoms with E-state index >= 15 is 0 Å². The molecule has 2 aromatic carbocycles. The highest BCUT2D eigenvalue weighted by molar-refractivity contribution is 6.30. The predicted molar refractivity (Wildman–Crippen MR) is 120 cm³/mol. The normalized spacial score (nSPS) is 16.8. The largest absolute Gasteiger partial charge is 0.444 e. The number of anilines is 1. The van der Waals surface area contributed by atoms with E-state index < -0.39 is 5.60 Å². The van der Waals surface area contributed by atoms with E-state index in [-0.39, 0.29) is 12.1 Å². The summed E-state index contributed by atoms with van der Waals surface area (Å²) in [5.74, 6) is 0.916. The molecular formula is C23H27ClN4O2. The van der Waals surface area contributed by atoms with Gasteiger partial charge in [-0.15, -0.1) is 0 Å². The molecule has 0 spiro atoms. The Balaban J connectivity index is 1.55. The number of amides is 1. The predicted octanol–water partition coefficient (Wildman–Crippen LogP) is 4.84. The molecule has 1 aromatic heterocycles. The van der Waals surface area contributed by atoms with Crippen LogP contribution in [0.2, 0.25) is 5.02 Å². The van der Waals surface area contributed by atoms with Gasteiger partial charge in [0.05, 0.1) is 23.6 Å². The van der Waals surface area contributed by atoms with E-state index in [0.717, 1.165) is 40.5 Å². The lowest BCUT2D eigenvalue weighted by atomic mass is 10.2. The molecule has 1 amide bonds. The fourth-order valence-corrected chi connectivity index (χ4v) is 3.89. The maximum absolute atomic E-state index is 12.2. The van der Waals surface area contributed by atoms with Crippen molar-refractivity contribution in [1.29, 1.82) is 0 Å². The van der Waals surface area contributed by atoms with E-state index in [4.69, 9.17) is 21.3 Å². The van der Waals surface area contributed by atoms with Crippen molar-refractivity contribution < 1.29 is 9.53 Å². The van der Waals surface area contributed by atoms with Crippen molar-refractivity contribution in [2.24, 2.45) is 0 Å². The number of para-hydroxylation sites is 2. The Labute approximate surface area is 181 Å². The third-order valence-corrected chi connectivity index (χ3v) is 5.33. The molecule has 0 unspecified atom stereocenters. The molecule has 0 aliphatic carbocycles. The van der Waals surface area contributed by atoms with Gasteiger partial charge >= 0.3 is 6.09 Å². The zero-order valence-corrected chi connectivity index (χ0v) is 18.3. The van der Waals surface area contributed by atoms with Crippen molar-refractivity contribution in [2.45, 2.75) is 45.4 Å². The molecule has 1 N–H and O–H groups in total. The molecule has 6 nitrogen and oxygen atoms in total. The third-order valence-electron chi connectivity index (χ3n) is 5.08. The lowest BCUT2D eigenvalue weighted by molar-refractivity contribution is 0.0509. The van der Waals surface area contributed by atoms with E-state index in [0.29, 0.717) is 13.1 Å². The molecular weight excluding hydrogens is 400 g/mol. The molecule has 3 aromatic rings. The SMILES string of the molecule is CC(C)(C)OC(=O)N[C@H]1CCN(c2nc3ccccc3n2Cc2ccc(Cl)cc2)C1. The zero-order valence-electron chi connectivity index (χ0n) is 17.6. The minimum atomic E-state index is -0.505. The Morgan fingerprint density at radius 1 is 1.20 bits per heavy atom. The molecule has 30 heavy (non-hydrogen) atoms. The Bertz CT molecular complexity index is 1040. The number of alkyl carbamates (subject to hydrolysis) is 1. The monoisotopic (exact) mass is 426 g/mol. The first-order valence-electron chi connectivity index (χ1n) is 10.2. The number of carbonyl (C=O) groups excluding carboxylic acids is 1. The highest BCUT2D eigenvalue weighted by Crippen LogP contribution is 2.27. The topological polar surface area (TPSA) is 59.4 Å². The van der Waals surface area contributed by atoms with Crippen LogP contribution in [0.5, 0.6) is 0 Å². The number of hydrogen-bond donors (Lipinski definition) is 1. The summed E-state index contributed by atoms with van der Waals surface area (Å²) in [6.45, 7) is 7.83. The number of rotatable bonds is 4. The maximum Gasteiger partial charge on any atom is 0.407 e. The second kappa shape index (κ2) is 8.19. The van der Waals surface area contributed by atoms with Gasteiger partial charge in [-0.2, -0.15) is 0 Å². The molecule has 1 aliphatic rings. The molecule has 1 fully saturated rings. The van der Waals surface area contributed by atoms with Gasteiger partial charge in [0, 0.05) is 18.1 Å². The number of carbonyl (C=O) groups is 1. The summed E-state index contributed by atoms with van der Waals surface area (Å²) in [4.78, 5) is 19.3. The minimum absolute atomic E-state index is 0.0312. The zero-order chi connectivity index (χ0) is 21.3. The van der Waals surface area contributed by atoms with Crippen molar-refractivity contribution in [3.8, 4) is 0 Å². The van der Waals surface area contributed by atoms with E-state index in [2.05, 4.69) is 20.9 Å². The number of nitrogens with zero attached hydrogens (tertiary/aromatic N) is 3. The highest BCUT2D eigenvalue weighted by atomic mass is 35.5. The highest BCUT2D eigenvalue weighted by Gasteiger charge is 2.29. The molecule has 7 heteroatoms. The van der Waals surface area contributed by atoms with Gasteiger partial charge in [0.2, 0.25) is 5.95 Å². The summed E-state index contributed by atoms with van der Waals surface area (Å²) < 4.78 is 7.63. The van der Waals surface area contributed by atoms with Crippen molar-refractivity contribution >= 4 is 34.7 Å². The number of hydrogen-bond acceptors (Lipinski definition) is 4. The van der Waals surface area contributed by atoms with Crippen LogP contribution in [-0.4, -0.2) is 40.4 Å². The van der Waals surface area contributed by atoms with E-state index in [9.17, 15) is 4.79 Å². The molecule has 0 bridgehead atoms. The standard InChI is InChI=1S/C23H27ClN4O2/c1-23(2,3)30-22(29)25-18-12-13-27(15-18)21-26-19-6-4-5-7-20(19)28(21)14-16-8-10-17(24)11-9-16/h4-11,18H,12-15H2,1-3H3,(H,25,29)/t18-/m0/s1. The summed E-state index contributed by atoms with van der Waals surface area (Å²) >= 11 is 6.05. The molecule has 1 saturated heterocycles. The average Bonchev–Trinajstić information content (AvgIpc) is 3.27. The molecule has 0 saturated carbocycles. The summed E-state index contributed by atoms with van der Waals surface area (Å²) in [6, 6.07) is 16.1. The van der Waals surface area contributed by atoms with E-state index in [1.165, 1.54) is 0 Å². The maximum atomic E-state index is 12.2. The average molecular weight is 427 g/mol. The first-order valence-corrected chi connectivity index (χ1v) is 10.6. The summed E-state index contributed by atoms with van der Waals surface area (Å²) in [5.41, 5.74) is 2.71. The van der Waals surface area contributed by atoms with Crippen LogP contribution >= 0.6 is 11.6 Å². The van der Waals surface area contributed by atoms with Gasteiger partial charge in [0.25, 0.3) is 0 Å². The third kappa shape index (κ3) is 4.70. The van der Waals surface area contributed by atoms with E-state index in [1.807, 2.05) is 63.2 Å². The van der Waals surface area contributed by atoms with Gasteiger partial charge in [0.15, 0.2) is 0 Å². The molecule has 0 radical (unpaired) electrons. The van der Waals surface area contributed by atoms with Crippen LogP contribution < -0.4 is 10.2 Å². The number of fused-ring (bicyclic) bond motifs is 1. The molecule has 1 aliphatic heterocycles. The summed E-state index contributed by atoms with van der Waals surface area (Å²) in [7, 11) is 0. The Morgan fingerprint density at radius 2 is 1.93 bits per heavy atom. The molecule has 2 heterocycles. The van der Waals surface area contributed by atoms with Gasteiger partial charge in [-0.3, -0.25) is 0 Å². The smallest absolute Gasteiger partial charge is 0.407 e. The van der Waals surface area contributed by atoms with Crippen LogP contribution in [-0.2, 0) is 11.3 Å². The minimum Gasteiger partial charge on any atom is -0.444 e. The molecule has 1 atom stereocenters. The number of aromatic nitrogens is 2. The van der Waals surface area contributed by atoms with Crippen LogP contribution in [0.1, 0.15) is 32.8 Å².